The molecule has 2 heterocycles. The molecule has 0 bridgehead atoms. The molecule has 0 radical (unpaired) electrons. The maximum atomic E-state index is 12.7. The topological polar surface area (TPSA) is 87.2 Å². The van der Waals surface area contributed by atoms with Crippen LogP contribution in [0.25, 0.3) is 0 Å². The van der Waals surface area contributed by atoms with Crippen LogP contribution >= 0.6 is 0 Å². The number of imide groups is 1. The van der Waals surface area contributed by atoms with Crippen molar-refractivity contribution >= 4 is 23.7 Å². The number of carbonyl (C=O) groups is 4. The van der Waals surface area contributed by atoms with E-state index in [-0.39, 0.29) is 37.1 Å². The van der Waals surface area contributed by atoms with E-state index in [4.69, 9.17) is 4.74 Å². The highest BCUT2D eigenvalue weighted by Crippen LogP contribution is 2.22. The molecule has 0 aliphatic carbocycles. The Labute approximate surface area is 199 Å². The van der Waals surface area contributed by atoms with Gasteiger partial charge in [0.1, 0.15) is 0 Å². The fourth-order valence-corrected chi connectivity index (χ4v) is 4.36. The Morgan fingerprint density at radius 1 is 0.882 bits per heavy atom. The van der Waals surface area contributed by atoms with Crippen LogP contribution in [0.1, 0.15) is 46.0 Å². The Hall–Kier alpha value is -3.52. The quantitative estimate of drug-likeness (QED) is 0.441. The van der Waals surface area contributed by atoms with Crippen molar-refractivity contribution in [3.05, 3.63) is 71.3 Å². The second kappa shape index (κ2) is 10.6. The minimum absolute atomic E-state index is 0.0237. The van der Waals surface area contributed by atoms with E-state index in [0.717, 1.165) is 24.5 Å². The Kier molecular flexibility index (Phi) is 7.37. The first-order chi connectivity index (χ1) is 16.4. The number of carbonyl (C=O) groups excluding carboxylic acids is 4. The Balaban J connectivity index is 1.17. The molecule has 2 aliphatic heterocycles. The smallest absolute Gasteiger partial charge is 0.306 e. The molecule has 2 aromatic rings. The van der Waals surface area contributed by atoms with E-state index in [0.29, 0.717) is 24.2 Å². The van der Waals surface area contributed by atoms with Gasteiger partial charge in [-0.2, -0.15) is 0 Å². The lowest BCUT2D eigenvalue weighted by molar-refractivity contribution is -0.160. The zero-order valence-electron chi connectivity index (χ0n) is 19.3. The van der Waals surface area contributed by atoms with Gasteiger partial charge in [-0.3, -0.25) is 29.0 Å². The first-order valence-electron chi connectivity index (χ1n) is 11.6. The number of nitrogens with zero attached hydrogens (tertiary/aromatic N) is 3. The third-order valence-electron chi connectivity index (χ3n) is 6.23. The van der Waals surface area contributed by atoms with Gasteiger partial charge in [-0.25, -0.2) is 0 Å². The molecule has 8 nitrogen and oxygen atoms in total. The summed E-state index contributed by atoms with van der Waals surface area (Å²) in [6.45, 7) is 5.28. The first kappa shape index (κ1) is 23.6. The average molecular weight is 464 g/mol. The summed E-state index contributed by atoms with van der Waals surface area (Å²) in [5.41, 5.74) is 2.02. The van der Waals surface area contributed by atoms with Crippen molar-refractivity contribution < 1.29 is 23.9 Å². The normalized spacial score (nSPS) is 17.0. The third kappa shape index (κ3) is 5.34. The molecule has 0 spiro atoms. The molecule has 2 aliphatic rings. The van der Waals surface area contributed by atoms with E-state index >= 15 is 0 Å². The zero-order valence-corrected chi connectivity index (χ0v) is 19.3. The van der Waals surface area contributed by atoms with Crippen molar-refractivity contribution in [1.82, 2.24) is 14.7 Å². The molecular formula is C26H29N3O5. The third-order valence-corrected chi connectivity index (χ3v) is 6.23. The summed E-state index contributed by atoms with van der Waals surface area (Å²) in [5.74, 6) is -1.40. The van der Waals surface area contributed by atoms with Gasteiger partial charge in [-0.1, -0.05) is 42.5 Å². The number of hydrogen-bond donors (Lipinski definition) is 0. The predicted octanol–water partition coefficient (Wildman–Crippen LogP) is 2.34. The van der Waals surface area contributed by atoms with E-state index in [9.17, 15) is 19.2 Å². The number of piperazine rings is 1. The second-order valence-electron chi connectivity index (χ2n) is 8.63. The van der Waals surface area contributed by atoms with Crippen LogP contribution in [-0.4, -0.2) is 77.2 Å². The van der Waals surface area contributed by atoms with Crippen molar-refractivity contribution in [3.63, 3.8) is 0 Å². The average Bonchev–Trinajstić information content (AvgIpc) is 3.09. The number of hydrogen-bond acceptors (Lipinski definition) is 6. The molecule has 2 aromatic carbocycles. The molecule has 0 unspecified atom stereocenters. The van der Waals surface area contributed by atoms with Gasteiger partial charge in [0, 0.05) is 45.7 Å². The van der Waals surface area contributed by atoms with E-state index < -0.39 is 12.1 Å². The van der Waals surface area contributed by atoms with Gasteiger partial charge in [-0.15, -0.1) is 0 Å². The molecule has 34 heavy (non-hydrogen) atoms. The van der Waals surface area contributed by atoms with Gasteiger partial charge in [-0.05, 0) is 31.0 Å². The fourth-order valence-electron chi connectivity index (χ4n) is 4.36. The van der Waals surface area contributed by atoms with Crippen LogP contribution in [0.5, 0.6) is 0 Å². The van der Waals surface area contributed by atoms with Gasteiger partial charge in [0.25, 0.3) is 17.7 Å². The Morgan fingerprint density at radius 2 is 1.47 bits per heavy atom. The van der Waals surface area contributed by atoms with Crippen LogP contribution in [-0.2, 0) is 20.9 Å². The van der Waals surface area contributed by atoms with Gasteiger partial charge in [0.05, 0.1) is 11.1 Å². The summed E-state index contributed by atoms with van der Waals surface area (Å²) >= 11 is 0. The lowest BCUT2D eigenvalue weighted by Crippen LogP contribution is -2.51. The number of rotatable bonds is 8. The van der Waals surface area contributed by atoms with Crippen LogP contribution < -0.4 is 0 Å². The Morgan fingerprint density at radius 3 is 2.09 bits per heavy atom. The van der Waals surface area contributed by atoms with Gasteiger partial charge in [0.15, 0.2) is 6.10 Å². The molecule has 4 rings (SSSR count). The van der Waals surface area contributed by atoms with Crippen molar-refractivity contribution in [2.24, 2.45) is 0 Å². The SMILES string of the molecule is C[C@@H](OC(=O)CCCN1C(=O)c2ccccc2C1=O)C(=O)N1CCN(Cc2ccccc2)CC1. The molecule has 1 fully saturated rings. The number of amides is 3. The summed E-state index contributed by atoms with van der Waals surface area (Å²) in [7, 11) is 0. The number of ether oxygens (including phenoxy) is 1. The van der Waals surface area contributed by atoms with Crippen molar-refractivity contribution in [2.75, 3.05) is 32.7 Å². The van der Waals surface area contributed by atoms with E-state index in [2.05, 4.69) is 17.0 Å². The summed E-state index contributed by atoms with van der Waals surface area (Å²) < 4.78 is 5.34. The maximum absolute atomic E-state index is 12.7. The molecule has 178 valence electrons. The minimum Gasteiger partial charge on any atom is -0.453 e. The Bertz CT molecular complexity index is 1030. The zero-order chi connectivity index (χ0) is 24.1. The number of esters is 1. The van der Waals surface area contributed by atoms with Crippen LogP contribution in [0.15, 0.2) is 54.6 Å². The fraction of sp³-hybridized carbons (Fsp3) is 0.385. The van der Waals surface area contributed by atoms with E-state index in [1.165, 1.54) is 5.56 Å². The molecule has 1 saturated heterocycles. The summed E-state index contributed by atoms with van der Waals surface area (Å²) in [4.78, 5) is 54.9. The largest absolute Gasteiger partial charge is 0.453 e. The van der Waals surface area contributed by atoms with Crippen molar-refractivity contribution in [3.8, 4) is 0 Å². The monoisotopic (exact) mass is 463 g/mol. The molecule has 8 heteroatoms. The highest BCUT2D eigenvalue weighted by Gasteiger charge is 2.34. The number of benzene rings is 2. The molecule has 1 atom stereocenters. The molecule has 0 aromatic heterocycles. The van der Waals surface area contributed by atoms with Gasteiger partial charge in [0.2, 0.25) is 0 Å². The van der Waals surface area contributed by atoms with Gasteiger partial charge >= 0.3 is 5.97 Å². The lowest BCUT2D eigenvalue weighted by atomic mass is 10.1. The maximum Gasteiger partial charge on any atom is 0.306 e. The van der Waals surface area contributed by atoms with Crippen LogP contribution in [0.4, 0.5) is 0 Å². The van der Waals surface area contributed by atoms with Crippen LogP contribution in [0.3, 0.4) is 0 Å². The highest BCUT2D eigenvalue weighted by atomic mass is 16.5. The second-order valence-corrected chi connectivity index (χ2v) is 8.63. The van der Waals surface area contributed by atoms with Crippen molar-refractivity contribution in [2.45, 2.75) is 32.4 Å². The molecule has 0 N–H and O–H groups in total. The summed E-state index contributed by atoms with van der Waals surface area (Å²) in [6, 6.07) is 16.9. The van der Waals surface area contributed by atoms with Crippen LogP contribution in [0, 0.1) is 0 Å². The predicted molar refractivity (Wildman–Crippen MR) is 125 cm³/mol. The standard InChI is InChI=1S/C26H29N3O5/c1-19(24(31)28-16-14-27(15-17-28)18-20-8-3-2-4-9-20)34-23(30)12-7-13-29-25(32)21-10-5-6-11-22(21)26(29)33/h2-6,8-11,19H,7,12-18H2,1H3/t19-/m1/s1. The summed E-state index contributed by atoms with van der Waals surface area (Å²) in [6.07, 6.45) is -0.563. The highest BCUT2D eigenvalue weighted by molar-refractivity contribution is 6.21. The van der Waals surface area contributed by atoms with E-state index in [1.54, 1.807) is 36.1 Å². The molecule has 3 amide bonds. The molecule has 0 saturated carbocycles. The van der Waals surface area contributed by atoms with E-state index in [1.807, 2.05) is 18.2 Å². The first-order valence-corrected chi connectivity index (χ1v) is 11.6. The molecular weight excluding hydrogens is 434 g/mol. The number of fused-ring (bicyclic) bond motifs is 1. The van der Waals surface area contributed by atoms with Crippen LogP contribution in [0.2, 0.25) is 0 Å². The minimum atomic E-state index is -0.868. The van der Waals surface area contributed by atoms with Gasteiger partial charge < -0.3 is 9.64 Å². The van der Waals surface area contributed by atoms with Crippen molar-refractivity contribution in [1.29, 1.82) is 0 Å². The lowest BCUT2D eigenvalue weighted by Gasteiger charge is -2.35. The summed E-state index contributed by atoms with van der Waals surface area (Å²) in [5, 5.41) is 0.